The van der Waals surface area contributed by atoms with Gasteiger partial charge in [0.15, 0.2) is 0 Å². The highest BCUT2D eigenvalue weighted by atomic mass is 16.6. The highest BCUT2D eigenvalue weighted by molar-refractivity contribution is 5.22. The molecule has 1 aromatic rings. The molecule has 0 bridgehead atoms. The molecule has 0 radical (unpaired) electrons. The van der Waals surface area contributed by atoms with Gasteiger partial charge in [0.05, 0.1) is 12.2 Å². The lowest BCUT2D eigenvalue weighted by Crippen LogP contribution is -2.41. The minimum Gasteiger partial charge on any atom is -0.488 e. The summed E-state index contributed by atoms with van der Waals surface area (Å²) in [5, 5.41) is 3.38. The SMILES string of the molecule is Cc1cc(OC2COC3(CCNCC3)C2)ccn1. The number of hydrogen-bond acceptors (Lipinski definition) is 4. The molecule has 0 aromatic carbocycles. The Hall–Kier alpha value is -1.13. The second-order valence-corrected chi connectivity index (χ2v) is 5.32. The van der Waals surface area contributed by atoms with E-state index >= 15 is 0 Å². The van der Waals surface area contributed by atoms with E-state index < -0.39 is 0 Å². The van der Waals surface area contributed by atoms with Crippen LogP contribution in [0.25, 0.3) is 0 Å². The number of aromatic nitrogens is 1. The van der Waals surface area contributed by atoms with Crippen LogP contribution in [0, 0.1) is 6.92 Å². The lowest BCUT2D eigenvalue weighted by Gasteiger charge is -2.32. The molecule has 4 nitrogen and oxygen atoms in total. The highest BCUT2D eigenvalue weighted by Gasteiger charge is 2.42. The van der Waals surface area contributed by atoms with E-state index in [2.05, 4.69) is 10.3 Å². The van der Waals surface area contributed by atoms with Crippen molar-refractivity contribution < 1.29 is 9.47 Å². The van der Waals surface area contributed by atoms with Gasteiger partial charge >= 0.3 is 0 Å². The van der Waals surface area contributed by atoms with Crippen LogP contribution in [0.15, 0.2) is 18.3 Å². The fourth-order valence-electron chi connectivity index (χ4n) is 2.89. The fraction of sp³-hybridized carbons (Fsp3) is 0.643. The smallest absolute Gasteiger partial charge is 0.125 e. The average molecular weight is 248 g/mol. The lowest BCUT2D eigenvalue weighted by atomic mass is 9.89. The van der Waals surface area contributed by atoms with Gasteiger partial charge in [-0.25, -0.2) is 0 Å². The normalized spacial score (nSPS) is 26.4. The Kier molecular flexibility index (Phi) is 3.22. The van der Waals surface area contributed by atoms with Crippen molar-refractivity contribution in [1.82, 2.24) is 10.3 Å². The molecule has 1 unspecified atom stereocenters. The fourth-order valence-corrected chi connectivity index (χ4v) is 2.89. The Morgan fingerprint density at radius 1 is 1.44 bits per heavy atom. The molecule has 1 spiro atoms. The van der Waals surface area contributed by atoms with E-state index in [0.717, 1.165) is 43.8 Å². The highest BCUT2D eigenvalue weighted by Crippen LogP contribution is 2.35. The van der Waals surface area contributed by atoms with Crippen LogP contribution in [0.2, 0.25) is 0 Å². The largest absolute Gasteiger partial charge is 0.488 e. The number of rotatable bonds is 2. The molecule has 2 aliphatic rings. The Bertz CT molecular complexity index is 416. The maximum Gasteiger partial charge on any atom is 0.125 e. The van der Waals surface area contributed by atoms with Gasteiger partial charge in [-0.3, -0.25) is 4.98 Å². The molecule has 3 heterocycles. The molecular weight excluding hydrogens is 228 g/mol. The van der Waals surface area contributed by atoms with Crippen LogP contribution in [0.1, 0.15) is 25.0 Å². The maximum atomic E-state index is 6.02. The minimum atomic E-state index is 0.0675. The van der Waals surface area contributed by atoms with Gasteiger partial charge < -0.3 is 14.8 Å². The van der Waals surface area contributed by atoms with Gasteiger partial charge in [0.2, 0.25) is 0 Å². The molecule has 1 N–H and O–H groups in total. The third kappa shape index (κ3) is 2.49. The molecule has 0 saturated carbocycles. The zero-order valence-corrected chi connectivity index (χ0v) is 10.8. The monoisotopic (exact) mass is 248 g/mol. The quantitative estimate of drug-likeness (QED) is 0.865. The van der Waals surface area contributed by atoms with Gasteiger partial charge in [-0.15, -0.1) is 0 Å². The van der Waals surface area contributed by atoms with Crippen molar-refractivity contribution in [2.24, 2.45) is 0 Å². The number of hydrogen-bond donors (Lipinski definition) is 1. The number of nitrogens with zero attached hydrogens (tertiary/aromatic N) is 1. The molecule has 18 heavy (non-hydrogen) atoms. The molecule has 0 amide bonds. The van der Waals surface area contributed by atoms with Crippen molar-refractivity contribution in [3.8, 4) is 5.75 Å². The zero-order chi connectivity index (χ0) is 12.4. The molecule has 4 heteroatoms. The molecule has 0 aliphatic carbocycles. The van der Waals surface area contributed by atoms with E-state index in [4.69, 9.17) is 9.47 Å². The van der Waals surface area contributed by atoms with E-state index in [1.165, 1.54) is 0 Å². The van der Waals surface area contributed by atoms with Gasteiger partial charge in [-0.05, 0) is 38.9 Å². The van der Waals surface area contributed by atoms with Gasteiger partial charge in [0, 0.05) is 24.4 Å². The predicted octanol–water partition coefficient (Wildman–Crippen LogP) is 1.68. The van der Waals surface area contributed by atoms with Crippen molar-refractivity contribution in [1.29, 1.82) is 0 Å². The predicted molar refractivity (Wildman–Crippen MR) is 68.8 cm³/mol. The van der Waals surface area contributed by atoms with Gasteiger partial charge in [0.1, 0.15) is 11.9 Å². The summed E-state index contributed by atoms with van der Waals surface area (Å²) >= 11 is 0. The van der Waals surface area contributed by atoms with Crippen LogP contribution in [0.4, 0.5) is 0 Å². The van der Waals surface area contributed by atoms with E-state index in [-0.39, 0.29) is 11.7 Å². The molecule has 2 fully saturated rings. The first-order valence-corrected chi connectivity index (χ1v) is 6.70. The molecule has 98 valence electrons. The summed E-state index contributed by atoms with van der Waals surface area (Å²) in [6.07, 6.45) is 5.19. The topological polar surface area (TPSA) is 43.4 Å². The molecule has 1 atom stereocenters. The third-order valence-electron chi connectivity index (χ3n) is 3.86. The van der Waals surface area contributed by atoms with Crippen molar-refractivity contribution in [3.05, 3.63) is 24.0 Å². The summed E-state index contributed by atoms with van der Waals surface area (Å²) in [6.45, 7) is 4.80. The van der Waals surface area contributed by atoms with Gasteiger partial charge in [0.25, 0.3) is 0 Å². The minimum absolute atomic E-state index is 0.0675. The van der Waals surface area contributed by atoms with Crippen molar-refractivity contribution >= 4 is 0 Å². The Morgan fingerprint density at radius 3 is 3.06 bits per heavy atom. The molecule has 2 saturated heterocycles. The number of aryl methyl sites for hydroxylation is 1. The summed E-state index contributed by atoms with van der Waals surface area (Å²) in [5.74, 6) is 0.905. The van der Waals surface area contributed by atoms with Gasteiger partial charge in [-0.2, -0.15) is 0 Å². The van der Waals surface area contributed by atoms with Crippen molar-refractivity contribution in [3.63, 3.8) is 0 Å². The number of piperidine rings is 1. The third-order valence-corrected chi connectivity index (χ3v) is 3.86. The average Bonchev–Trinajstić information content (AvgIpc) is 2.73. The van der Waals surface area contributed by atoms with E-state index in [1.54, 1.807) is 6.20 Å². The van der Waals surface area contributed by atoms with Crippen LogP contribution in [-0.2, 0) is 4.74 Å². The number of nitrogens with one attached hydrogen (secondary N) is 1. The van der Waals surface area contributed by atoms with Crippen LogP contribution in [-0.4, -0.2) is 36.4 Å². The van der Waals surface area contributed by atoms with E-state index in [1.807, 2.05) is 19.1 Å². The molecule has 2 aliphatic heterocycles. The van der Waals surface area contributed by atoms with Crippen molar-refractivity contribution in [2.45, 2.75) is 37.9 Å². The second-order valence-electron chi connectivity index (χ2n) is 5.32. The molecule has 3 rings (SSSR count). The standard InChI is InChI=1S/C14H20N2O2/c1-11-8-12(2-5-16-11)18-13-9-14(17-10-13)3-6-15-7-4-14/h2,5,8,13,15H,3-4,6-7,9-10H2,1H3. The summed E-state index contributed by atoms with van der Waals surface area (Å²) in [4.78, 5) is 4.18. The summed E-state index contributed by atoms with van der Waals surface area (Å²) in [5.41, 5.74) is 1.06. The van der Waals surface area contributed by atoms with E-state index in [9.17, 15) is 0 Å². The first kappa shape index (κ1) is 11.9. The maximum absolute atomic E-state index is 6.02. The summed E-state index contributed by atoms with van der Waals surface area (Å²) in [6, 6.07) is 3.90. The van der Waals surface area contributed by atoms with Crippen LogP contribution < -0.4 is 10.1 Å². The Morgan fingerprint density at radius 2 is 2.28 bits per heavy atom. The van der Waals surface area contributed by atoms with Crippen LogP contribution in [0.3, 0.4) is 0 Å². The zero-order valence-electron chi connectivity index (χ0n) is 10.8. The number of ether oxygens (including phenoxy) is 2. The number of pyridine rings is 1. The first-order valence-electron chi connectivity index (χ1n) is 6.70. The molecular formula is C14H20N2O2. The van der Waals surface area contributed by atoms with Crippen LogP contribution >= 0.6 is 0 Å². The Balaban J connectivity index is 1.62. The van der Waals surface area contributed by atoms with Crippen molar-refractivity contribution in [2.75, 3.05) is 19.7 Å². The van der Waals surface area contributed by atoms with Crippen LogP contribution in [0.5, 0.6) is 5.75 Å². The van der Waals surface area contributed by atoms with E-state index in [0.29, 0.717) is 6.61 Å². The summed E-state index contributed by atoms with van der Waals surface area (Å²) in [7, 11) is 0. The molecule has 1 aromatic heterocycles. The Labute approximate surface area is 108 Å². The first-order chi connectivity index (χ1) is 8.76. The van der Waals surface area contributed by atoms with Gasteiger partial charge in [-0.1, -0.05) is 0 Å². The second kappa shape index (κ2) is 4.86. The summed E-state index contributed by atoms with van der Waals surface area (Å²) < 4.78 is 12.0. The lowest BCUT2D eigenvalue weighted by molar-refractivity contribution is -0.0205.